The van der Waals surface area contributed by atoms with Gasteiger partial charge in [0.2, 0.25) is 0 Å². The summed E-state index contributed by atoms with van der Waals surface area (Å²) in [7, 11) is 2.72. The lowest BCUT2D eigenvalue weighted by molar-refractivity contribution is -0.140. The number of carbonyl (C=O) groups excluding carboxylic acids is 1. The Bertz CT molecular complexity index is 157. The molecule has 0 aromatic heterocycles. The molecule has 0 spiro atoms. The van der Waals surface area contributed by atoms with Gasteiger partial charge in [-0.15, -0.1) is 0 Å². The fraction of sp³-hybridized carbons (Fsp3) is 0.714. The van der Waals surface area contributed by atoms with Crippen LogP contribution in [0, 0.1) is 5.41 Å². The molecule has 0 amide bonds. The van der Waals surface area contributed by atoms with Gasteiger partial charge in [0.25, 0.3) is 0 Å². The Balaban J connectivity index is 0. The minimum absolute atomic E-state index is 0.102. The average Bonchev–Trinajstić information content (AvgIpc) is 2.12. The molecule has 0 rings (SSSR count). The Kier molecular flexibility index (Phi) is 10.7. The quantitative estimate of drug-likeness (QED) is 0.443. The predicted molar refractivity (Wildman–Crippen MR) is 43.1 cm³/mol. The lowest BCUT2D eigenvalue weighted by Gasteiger charge is -1.99. The van der Waals surface area contributed by atoms with Crippen molar-refractivity contribution in [3.63, 3.8) is 0 Å². The molecule has 0 saturated carbocycles. The van der Waals surface area contributed by atoms with E-state index in [0.29, 0.717) is 6.42 Å². The molecule has 0 bridgehead atoms. The van der Waals surface area contributed by atoms with E-state index in [1.807, 2.05) is 0 Å². The number of hydrogen-bond donors (Lipinski definition) is 1. The summed E-state index contributed by atoms with van der Waals surface area (Å²) in [6.45, 7) is -3.67. The summed E-state index contributed by atoms with van der Waals surface area (Å²) in [5.41, 5.74) is 0. The van der Waals surface area contributed by atoms with Crippen LogP contribution in [0.2, 0.25) is 0 Å². The zero-order valence-electron chi connectivity index (χ0n) is 7.85. The number of carbonyl (C=O) groups is 1. The largest absolute Gasteiger partial charge is 0.484 e. The van der Waals surface area contributed by atoms with Crippen LogP contribution in [0.1, 0.15) is 12.8 Å². The van der Waals surface area contributed by atoms with Crippen molar-refractivity contribution in [2.45, 2.75) is 19.5 Å². The third kappa shape index (κ3) is 17.0. The van der Waals surface area contributed by atoms with Gasteiger partial charge in [0.1, 0.15) is 0 Å². The SMILES string of the molecule is COC(=N)CCC(=O)OC.FC(F)F. The van der Waals surface area contributed by atoms with Crippen LogP contribution < -0.4 is 0 Å². The first kappa shape index (κ1) is 15.2. The first-order valence-electron chi connectivity index (χ1n) is 3.54. The van der Waals surface area contributed by atoms with E-state index in [4.69, 9.17) is 5.41 Å². The monoisotopic (exact) mass is 215 g/mol. The average molecular weight is 215 g/mol. The molecular formula is C7H12F3NO3. The summed E-state index contributed by atoms with van der Waals surface area (Å²) in [6.07, 6.45) is 0.520. The van der Waals surface area contributed by atoms with Crippen molar-refractivity contribution in [3.8, 4) is 0 Å². The number of rotatable bonds is 3. The van der Waals surface area contributed by atoms with Gasteiger partial charge in [0.05, 0.1) is 20.6 Å². The van der Waals surface area contributed by atoms with Crippen LogP contribution >= 0.6 is 0 Å². The third-order valence-corrected chi connectivity index (χ3v) is 1.03. The zero-order valence-corrected chi connectivity index (χ0v) is 7.85. The van der Waals surface area contributed by atoms with E-state index in [0.717, 1.165) is 0 Å². The number of halogens is 3. The maximum absolute atomic E-state index is 10.5. The van der Waals surface area contributed by atoms with E-state index >= 15 is 0 Å². The number of ether oxygens (including phenoxy) is 2. The van der Waals surface area contributed by atoms with Gasteiger partial charge in [0.15, 0.2) is 5.90 Å². The third-order valence-electron chi connectivity index (χ3n) is 1.03. The Morgan fingerprint density at radius 3 is 1.93 bits per heavy atom. The fourth-order valence-electron chi connectivity index (χ4n) is 0.420. The van der Waals surface area contributed by atoms with E-state index in [-0.39, 0.29) is 18.3 Å². The van der Waals surface area contributed by atoms with Crippen LogP contribution in [0.3, 0.4) is 0 Å². The molecule has 0 heterocycles. The van der Waals surface area contributed by atoms with E-state index in [9.17, 15) is 18.0 Å². The van der Waals surface area contributed by atoms with Gasteiger partial charge in [-0.2, -0.15) is 13.2 Å². The van der Waals surface area contributed by atoms with Crippen molar-refractivity contribution in [1.29, 1.82) is 5.41 Å². The van der Waals surface area contributed by atoms with Crippen molar-refractivity contribution in [1.82, 2.24) is 0 Å². The maximum atomic E-state index is 10.5. The molecule has 0 fully saturated rings. The molecular weight excluding hydrogens is 203 g/mol. The number of alkyl halides is 3. The normalized spacial score (nSPS) is 8.71. The van der Waals surface area contributed by atoms with Crippen LogP contribution in [0.5, 0.6) is 0 Å². The van der Waals surface area contributed by atoms with Crippen molar-refractivity contribution >= 4 is 11.9 Å². The Morgan fingerprint density at radius 2 is 1.64 bits per heavy atom. The molecule has 7 heteroatoms. The molecule has 14 heavy (non-hydrogen) atoms. The smallest absolute Gasteiger partial charge is 0.379 e. The van der Waals surface area contributed by atoms with Crippen LogP contribution in [0.4, 0.5) is 13.2 Å². The highest BCUT2D eigenvalue weighted by atomic mass is 19.4. The lowest BCUT2D eigenvalue weighted by atomic mass is 10.3. The second-order valence-corrected chi connectivity index (χ2v) is 1.95. The van der Waals surface area contributed by atoms with E-state index in [2.05, 4.69) is 9.47 Å². The van der Waals surface area contributed by atoms with Gasteiger partial charge < -0.3 is 9.47 Å². The van der Waals surface area contributed by atoms with Crippen molar-refractivity contribution in [3.05, 3.63) is 0 Å². The Morgan fingerprint density at radius 1 is 1.21 bits per heavy atom. The molecule has 0 aliphatic carbocycles. The van der Waals surface area contributed by atoms with E-state index in [1.54, 1.807) is 0 Å². The van der Waals surface area contributed by atoms with E-state index < -0.39 is 6.68 Å². The topological polar surface area (TPSA) is 59.4 Å². The van der Waals surface area contributed by atoms with Gasteiger partial charge >= 0.3 is 12.6 Å². The molecule has 0 atom stereocenters. The number of hydrogen-bond acceptors (Lipinski definition) is 4. The summed E-state index contributed by atoms with van der Waals surface area (Å²) in [6, 6.07) is 0. The molecule has 0 aromatic carbocycles. The van der Waals surface area contributed by atoms with Gasteiger partial charge in [-0.1, -0.05) is 0 Å². The predicted octanol–water partition coefficient (Wildman–Crippen LogP) is 1.74. The van der Waals surface area contributed by atoms with Crippen LogP contribution in [0.25, 0.3) is 0 Å². The fourth-order valence-corrected chi connectivity index (χ4v) is 0.420. The Hall–Kier alpha value is -1.27. The molecule has 4 nitrogen and oxygen atoms in total. The van der Waals surface area contributed by atoms with Gasteiger partial charge in [-0.3, -0.25) is 10.2 Å². The summed E-state index contributed by atoms with van der Waals surface area (Å²) in [4.78, 5) is 10.5. The minimum Gasteiger partial charge on any atom is -0.484 e. The molecule has 0 radical (unpaired) electrons. The molecule has 0 aliphatic heterocycles. The second kappa shape index (κ2) is 9.82. The zero-order chi connectivity index (χ0) is 11.6. The number of methoxy groups -OCH3 is 2. The van der Waals surface area contributed by atoms with Gasteiger partial charge in [0, 0.05) is 6.42 Å². The van der Waals surface area contributed by atoms with Crippen LogP contribution in [-0.2, 0) is 14.3 Å². The number of esters is 1. The minimum atomic E-state index is -3.67. The molecule has 0 aromatic rings. The molecule has 0 saturated heterocycles. The summed E-state index contributed by atoms with van der Waals surface area (Å²) >= 11 is 0. The first-order chi connectivity index (χ1) is 6.43. The van der Waals surface area contributed by atoms with E-state index in [1.165, 1.54) is 14.2 Å². The standard InChI is InChI=1S/C6H11NO3.CHF3/c1-9-5(7)3-4-6(8)10-2;2-1(3)4/h7H,3-4H2,1-2H3;1H. The van der Waals surface area contributed by atoms with Crippen LogP contribution in [0.15, 0.2) is 0 Å². The van der Waals surface area contributed by atoms with Crippen molar-refractivity contribution in [2.75, 3.05) is 14.2 Å². The molecule has 0 aliphatic rings. The van der Waals surface area contributed by atoms with Crippen LogP contribution in [-0.4, -0.2) is 32.8 Å². The lowest BCUT2D eigenvalue weighted by Crippen LogP contribution is -2.05. The highest BCUT2D eigenvalue weighted by Gasteiger charge is 2.02. The van der Waals surface area contributed by atoms with Gasteiger partial charge in [-0.25, -0.2) is 0 Å². The second-order valence-electron chi connectivity index (χ2n) is 1.95. The molecule has 1 N–H and O–H groups in total. The first-order valence-corrected chi connectivity index (χ1v) is 3.54. The highest BCUT2D eigenvalue weighted by molar-refractivity contribution is 5.79. The maximum Gasteiger partial charge on any atom is 0.379 e. The van der Waals surface area contributed by atoms with Crippen molar-refractivity contribution in [2.24, 2.45) is 0 Å². The summed E-state index contributed by atoms with van der Waals surface area (Å²) < 4.78 is 37.9. The number of nitrogens with one attached hydrogen (secondary N) is 1. The van der Waals surface area contributed by atoms with Crippen molar-refractivity contribution < 1.29 is 27.4 Å². The molecule has 84 valence electrons. The summed E-state index contributed by atoms with van der Waals surface area (Å²) in [5.74, 6) is -0.216. The highest BCUT2D eigenvalue weighted by Crippen LogP contribution is 1.93. The Labute approximate surface area is 79.5 Å². The van der Waals surface area contributed by atoms with Gasteiger partial charge in [-0.05, 0) is 0 Å². The molecule has 0 unspecified atom stereocenters. The summed E-state index contributed by atoms with van der Waals surface area (Å²) in [5, 5.41) is 6.98.